The molecule has 3 aliphatic rings. The van der Waals surface area contributed by atoms with E-state index in [1.54, 1.807) is 0 Å². The topological polar surface area (TPSA) is 29.0 Å². The van der Waals surface area contributed by atoms with Crippen LogP contribution in [-0.2, 0) is 10.8 Å². The number of para-hydroxylation sites is 2. The maximum atomic E-state index is 5.35. The highest BCUT2D eigenvalue weighted by Gasteiger charge is 2.58. The summed E-state index contributed by atoms with van der Waals surface area (Å²) >= 11 is 0. The summed E-state index contributed by atoms with van der Waals surface area (Å²) in [6.07, 6.45) is 0. The van der Waals surface area contributed by atoms with E-state index in [9.17, 15) is 0 Å². The highest BCUT2D eigenvalue weighted by molar-refractivity contribution is 5.95. The van der Waals surface area contributed by atoms with Crippen LogP contribution in [0.3, 0.4) is 0 Å². The quantitative estimate of drug-likeness (QED) is 0.166. The summed E-state index contributed by atoms with van der Waals surface area (Å²) in [5.41, 5.74) is 24.5. The Morgan fingerprint density at radius 1 is 0.240 bits per heavy atom. The van der Waals surface area contributed by atoms with Gasteiger partial charge in [-0.15, -0.1) is 0 Å². The largest absolute Gasteiger partial charge is 0.310 e. The SMILES string of the molecule is c1ccc(-c2cc(-c3ccc(-c4ccc5c(c4)C4(c6ccccc6N5c5ccccc5)c5ccccc5C5(c6ccccc6-c6ccccc65)c5ccccc54)cc3)nc(-c3ccccc3-c3ccccc3)n2)cc1. The first-order chi connectivity index (χ1) is 37.2. The summed E-state index contributed by atoms with van der Waals surface area (Å²) in [5, 5.41) is 0. The first kappa shape index (κ1) is 42.9. The molecule has 2 aliphatic carbocycles. The highest BCUT2D eigenvalue weighted by atomic mass is 15.2. The van der Waals surface area contributed by atoms with Crippen molar-refractivity contribution in [2.24, 2.45) is 0 Å². The van der Waals surface area contributed by atoms with Gasteiger partial charge in [0.25, 0.3) is 0 Å². The molecule has 0 bridgehead atoms. The van der Waals surface area contributed by atoms with Crippen LogP contribution in [0.1, 0.15) is 44.5 Å². The predicted octanol–water partition coefficient (Wildman–Crippen LogP) is 17.7. The molecule has 0 unspecified atom stereocenters. The molecule has 2 spiro atoms. The van der Waals surface area contributed by atoms with E-state index < -0.39 is 10.8 Å². The van der Waals surface area contributed by atoms with Crippen LogP contribution in [0.4, 0.5) is 17.1 Å². The Bertz CT molecular complexity index is 4090. The van der Waals surface area contributed by atoms with Crippen molar-refractivity contribution < 1.29 is 0 Å². The van der Waals surface area contributed by atoms with Gasteiger partial charge < -0.3 is 4.90 Å². The highest BCUT2D eigenvalue weighted by Crippen LogP contribution is 2.67. The molecule has 0 saturated carbocycles. The molecule has 3 nitrogen and oxygen atoms in total. The van der Waals surface area contributed by atoms with Gasteiger partial charge >= 0.3 is 0 Å². The number of hydrogen-bond acceptors (Lipinski definition) is 3. The molecule has 0 radical (unpaired) electrons. The maximum Gasteiger partial charge on any atom is 0.161 e. The molecule has 0 atom stereocenters. The number of rotatable bonds is 6. The van der Waals surface area contributed by atoms with Crippen molar-refractivity contribution in [3.63, 3.8) is 0 Å². The second kappa shape index (κ2) is 16.9. The molecule has 75 heavy (non-hydrogen) atoms. The molecule has 0 saturated heterocycles. The number of anilines is 3. The van der Waals surface area contributed by atoms with E-state index in [0.29, 0.717) is 5.82 Å². The van der Waals surface area contributed by atoms with E-state index in [4.69, 9.17) is 9.97 Å². The van der Waals surface area contributed by atoms with Gasteiger partial charge in [-0.25, -0.2) is 9.97 Å². The molecule has 0 N–H and O–H groups in total. The zero-order valence-electron chi connectivity index (χ0n) is 41.0. The Labute approximate surface area is 437 Å². The van der Waals surface area contributed by atoms with Crippen molar-refractivity contribution in [2.45, 2.75) is 10.8 Å². The van der Waals surface area contributed by atoms with Crippen LogP contribution in [0.5, 0.6) is 0 Å². The summed E-state index contributed by atoms with van der Waals surface area (Å²) < 4.78 is 0. The lowest BCUT2D eigenvalue weighted by molar-refractivity contribution is 0.619. The van der Waals surface area contributed by atoms with Crippen LogP contribution in [0, 0.1) is 0 Å². The standard InChI is InChI=1S/C72H47N3/c1-4-22-49(23-5-1)54-28-10-11-31-57(54)70-73-66(50-24-6-2-7-25-50)47-67(74-70)51-42-40-48(41-43-51)52-44-45-69-65(46-52)72(64-38-20-21-39-68(64)75(69)53-26-8-3-9-27-53)62-36-18-16-34-60(62)71(61-35-17-19-37-63(61)72)58-32-14-12-29-55(58)56-30-13-15-33-59(56)71/h1-47H. The predicted molar refractivity (Wildman–Crippen MR) is 307 cm³/mol. The van der Waals surface area contributed by atoms with Gasteiger partial charge in [0.05, 0.1) is 33.6 Å². The van der Waals surface area contributed by atoms with E-state index in [2.05, 4.69) is 284 Å². The molecule has 0 amide bonds. The van der Waals surface area contributed by atoms with Crippen LogP contribution in [0.25, 0.3) is 67.3 Å². The van der Waals surface area contributed by atoms with E-state index in [0.717, 1.165) is 61.7 Å². The molecule has 350 valence electrons. The van der Waals surface area contributed by atoms with Gasteiger partial charge in [0.2, 0.25) is 0 Å². The second-order valence-corrected chi connectivity index (χ2v) is 19.9. The average Bonchev–Trinajstić information content (AvgIpc) is 3.81. The van der Waals surface area contributed by atoms with Gasteiger partial charge in [-0.2, -0.15) is 0 Å². The van der Waals surface area contributed by atoms with Crippen molar-refractivity contribution in [2.75, 3.05) is 4.90 Å². The van der Waals surface area contributed by atoms with Crippen molar-refractivity contribution in [3.8, 4) is 67.3 Å². The third-order valence-corrected chi connectivity index (χ3v) is 16.2. The lowest BCUT2D eigenvalue weighted by Gasteiger charge is -2.53. The Balaban J connectivity index is 0.942. The molecule has 0 fully saturated rings. The fourth-order valence-electron chi connectivity index (χ4n) is 13.1. The average molecular weight is 954 g/mol. The summed E-state index contributed by atoms with van der Waals surface area (Å²) in [6, 6.07) is 105. The molecule has 3 heteroatoms. The van der Waals surface area contributed by atoms with Crippen molar-refractivity contribution >= 4 is 17.1 Å². The number of aromatic nitrogens is 2. The zero-order valence-corrected chi connectivity index (χ0v) is 41.0. The summed E-state index contributed by atoms with van der Waals surface area (Å²) in [7, 11) is 0. The lowest BCUT2D eigenvalue weighted by atomic mass is 9.50. The lowest BCUT2D eigenvalue weighted by Crippen LogP contribution is -2.47. The number of benzene rings is 11. The first-order valence-electron chi connectivity index (χ1n) is 25.9. The molecule has 1 aliphatic heterocycles. The second-order valence-electron chi connectivity index (χ2n) is 19.9. The third kappa shape index (κ3) is 6.28. The van der Waals surface area contributed by atoms with Gasteiger partial charge in [-0.1, -0.05) is 249 Å². The molecule has 12 aromatic rings. The maximum absolute atomic E-state index is 5.35. The fourth-order valence-corrected chi connectivity index (χ4v) is 13.1. The minimum absolute atomic E-state index is 0.532. The van der Waals surface area contributed by atoms with Gasteiger partial charge in [0, 0.05) is 22.4 Å². The summed E-state index contributed by atoms with van der Waals surface area (Å²) in [4.78, 5) is 13.1. The molecular formula is C72H47N3. The van der Waals surface area contributed by atoms with Crippen molar-refractivity contribution in [3.05, 3.63) is 330 Å². The Hall–Kier alpha value is -9.70. The Morgan fingerprint density at radius 3 is 1.20 bits per heavy atom. The fraction of sp³-hybridized carbons (Fsp3) is 0.0278. The molecule has 11 aromatic carbocycles. The molecule has 15 rings (SSSR count). The first-order valence-corrected chi connectivity index (χ1v) is 25.9. The van der Waals surface area contributed by atoms with Crippen molar-refractivity contribution in [1.82, 2.24) is 9.97 Å². The summed E-state index contributed by atoms with van der Waals surface area (Å²) in [6.45, 7) is 0. The van der Waals surface area contributed by atoms with Gasteiger partial charge in [0.15, 0.2) is 5.82 Å². The zero-order chi connectivity index (χ0) is 49.5. The van der Waals surface area contributed by atoms with Crippen molar-refractivity contribution in [1.29, 1.82) is 0 Å². The minimum atomic E-state index is -0.695. The summed E-state index contributed by atoms with van der Waals surface area (Å²) in [5.74, 6) is 0.692. The van der Waals surface area contributed by atoms with E-state index in [1.807, 2.05) is 6.07 Å². The number of fused-ring (bicyclic) bond motifs is 15. The van der Waals surface area contributed by atoms with Gasteiger partial charge in [-0.05, 0) is 114 Å². The van der Waals surface area contributed by atoms with Crippen LogP contribution < -0.4 is 4.90 Å². The number of hydrogen-bond donors (Lipinski definition) is 0. The minimum Gasteiger partial charge on any atom is -0.310 e. The third-order valence-electron chi connectivity index (χ3n) is 16.2. The van der Waals surface area contributed by atoms with Gasteiger partial charge in [-0.3, -0.25) is 0 Å². The molecular weight excluding hydrogens is 907 g/mol. The Morgan fingerprint density at radius 2 is 0.627 bits per heavy atom. The van der Waals surface area contributed by atoms with Crippen LogP contribution in [0.2, 0.25) is 0 Å². The van der Waals surface area contributed by atoms with Crippen LogP contribution in [0.15, 0.2) is 285 Å². The van der Waals surface area contributed by atoms with E-state index in [-0.39, 0.29) is 0 Å². The van der Waals surface area contributed by atoms with Crippen LogP contribution in [-0.4, -0.2) is 9.97 Å². The van der Waals surface area contributed by atoms with Crippen LogP contribution >= 0.6 is 0 Å². The normalized spacial score (nSPS) is 13.8. The van der Waals surface area contributed by atoms with E-state index in [1.165, 1.54) is 61.3 Å². The number of nitrogens with zero attached hydrogens (tertiary/aromatic N) is 3. The molecule has 2 heterocycles. The Kier molecular flexibility index (Phi) is 9.70. The smallest absolute Gasteiger partial charge is 0.161 e. The molecule has 1 aromatic heterocycles. The van der Waals surface area contributed by atoms with Gasteiger partial charge in [0.1, 0.15) is 0 Å². The monoisotopic (exact) mass is 953 g/mol. The van der Waals surface area contributed by atoms with E-state index >= 15 is 0 Å².